The third kappa shape index (κ3) is 5.87. The van der Waals surface area contributed by atoms with E-state index in [0.717, 1.165) is 44.3 Å². The minimum absolute atomic E-state index is 0. The van der Waals surface area contributed by atoms with Crippen LogP contribution in [-0.4, -0.2) is 16.1 Å². The molecule has 2 aromatic heterocycles. The predicted molar refractivity (Wildman–Crippen MR) is 177 cm³/mol. The minimum atomic E-state index is -2.88. The zero-order valence-electron chi connectivity index (χ0n) is 26.3. The molecule has 1 unspecified atom stereocenters. The standard InChI is InChI=1S/C38H37N2O2P.Pt/c1-8-43(41)34-15-10-9-14-30(34)36-31(33-22-27(17-19-40-33)38(5,6)7)23-29(24-35(36)43)42-28-13-11-12-25(20-28)32-21-26(16-18-39-32)37(2,3)4;/h9-19,21-22,24H,8H2,1-7H3;/q-2;+2. The van der Waals surface area contributed by atoms with Crippen molar-refractivity contribution in [3.8, 4) is 45.1 Å². The van der Waals surface area contributed by atoms with Gasteiger partial charge in [-0.2, -0.15) is 0 Å². The predicted octanol–water partition coefficient (Wildman–Crippen LogP) is 9.11. The molecule has 44 heavy (non-hydrogen) atoms. The van der Waals surface area contributed by atoms with Crippen molar-refractivity contribution in [2.45, 2.75) is 59.3 Å². The summed E-state index contributed by atoms with van der Waals surface area (Å²) >= 11 is 0. The van der Waals surface area contributed by atoms with Crippen molar-refractivity contribution in [1.29, 1.82) is 0 Å². The van der Waals surface area contributed by atoms with E-state index in [4.69, 9.17) is 9.72 Å². The van der Waals surface area contributed by atoms with Crippen molar-refractivity contribution >= 4 is 17.8 Å². The molecule has 0 fully saturated rings. The van der Waals surface area contributed by atoms with Crippen LogP contribution in [0.3, 0.4) is 0 Å². The molecule has 5 aromatic rings. The molecular weight excluding hydrogens is 742 g/mol. The summed E-state index contributed by atoms with van der Waals surface area (Å²) < 4.78 is 21.2. The van der Waals surface area contributed by atoms with Gasteiger partial charge >= 0.3 is 21.1 Å². The maximum atomic E-state index is 14.7. The number of nitrogens with zero attached hydrogens (tertiary/aromatic N) is 2. The second-order valence-electron chi connectivity index (χ2n) is 13.2. The van der Waals surface area contributed by atoms with Gasteiger partial charge in [-0.25, -0.2) is 0 Å². The van der Waals surface area contributed by atoms with Crippen molar-refractivity contribution < 1.29 is 30.4 Å². The second-order valence-corrected chi connectivity index (χ2v) is 16.3. The first-order valence-corrected chi connectivity index (χ1v) is 16.7. The summed E-state index contributed by atoms with van der Waals surface area (Å²) in [4.78, 5) is 9.40. The van der Waals surface area contributed by atoms with Crippen LogP contribution in [0.5, 0.6) is 11.5 Å². The molecule has 6 heteroatoms. The molecule has 0 radical (unpaired) electrons. The van der Waals surface area contributed by atoms with Crippen molar-refractivity contribution in [2.75, 3.05) is 6.16 Å². The molecular formula is C38H37N2O2PPt. The summed E-state index contributed by atoms with van der Waals surface area (Å²) in [6.45, 7) is 15.1. The first-order valence-electron chi connectivity index (χ1n) is 14.8. The van der Waals surface area contributed by atoms with E-state index in [1.54, 1.807) is 0 Å². The Kier molecular flexibility index (Phi) is 8.66. The molecule has 0 saturated heterocycles. The summed E-state index contributed by atoms with van der Waals surface area (Å²) in [5.41, 5.74) is 7.51. The third-order valence-electron chi connectivity index (χ3n) is 8.19. The Morgan fingerprint density at radius 1 is 0.727 bits per heavy atom. The summed E-state index contributed by atoms with van der Waals surface area (Å²) in [6.07, 6.45) is 4.21. The number of hydrogen-bond acceptors (Lipinski definition) is 4. The maximum absolute atomic E-state index is 14.7. The Bertz CT molecular complexity index is 1900. The third-order valence-corrected chi connectivity index (χ3v) is 11.4. The summed E-state index contributed by atoms with van der Waals surface area (Å²) in [5.74, 6) is 1.03. The number of benzene rings is 3. The van der Waals surface area contributed by atoms with Crippen molar-refractivity contribution in [3.63, 3.8) is 0 Å². The second kappa shape index (κ2) is 11.9. The number of aromatic nitrogens is 2. The number of pyridine rings is 2. The molecule has 0 saturated carbocycles. The van der Waals surface area contributed by atoms with Crippen LogP contribution in [0.2, 0.25) is 0 Å². The molecule has 6 rings (SSSR count). The van der Waals surface area contributed by atoms with Crippen molar-refractivity contribution in [1.82, 2.24) is 9.97 Å². The van der Waals surface area contributed by atoms with Crippen molar-refractivity contribution in [3.05, 3.63) is 108 Å². The largest absolute Gasteiger partial charge is 2.00 e. The maximum Gasteiger partial charge on any atom is 2.00 e. The van der Waals surface area contributed by atoms with Gasteiger partial charge in [-0.15, -0.1) is 29.3 Å². The minimum Gasteiger partial charge on any atom is -0.497 e. The first-order chi connectivity index (χ1) is 20.4. The fraction of sp³-hybridized carbons (Fsp3) is 0.263. The Balaban J connectivity index is 0.00000384. The smallest absolute Gasteiger partial charge is 0.497 e. The SMILES string of the molecule is CCP1(=O)c2ccccc2-c2c(-c3cc(C(C)(C)C)ccn3)[c-]c(Oc3[c-]c(-c4cc(C(C)(C)C)ccn4)ccc3)cc21.[Pt+2]. The summed E-state index contributed by atoms with van der Waals surface area (Å²) in [6, 6.07) is 31.0. The van der Waals surface area contributed by atoms with Crippen LogP contribution in [0.15, 0.2) is 85.2 Å². The molecule has 1 atom stereocenters. The first kappa shape index (κ1) is 32.1. The average Bonchev–Trinajstić information content (AvgIpc) is 3.25. The summed E-state index contributed by atoms with van der Waals surface area (Å²) in [5, 5.41) is 1.70. The van der Waals surface area contributed by atoms with Crippen molar-refractivity contribution in [2.24, 2.45) is 0 Å². The van der Waals surface area contributed by atoms with Gasteiger partial charge < -0.3 is 19.3 Å². The average molecular weight is 780 g/mol. The molecule has 0 spiro atoms. The Hall–Kier alpha value is -3.32. The van der Waals surface area contributed by atoms with E-state index in [1.807, 2.05) is 61.8 Å². The van der Waals surface area contributed by atoms with Gasteiger partial charge in [0.25, 0.3) is 0 Å². The van der Waals surface area contributed by atoms with Crippen LogP contribution in [-0.2, 0) is 36.5 Å². The van der Waals surface area contributed by atoms with Gasteiger partial charge in [-0.1, -0.05) is 114 Å². The molecule has 0 amide bonds. The Morgan fingerprint density at radius 2 is 1.36 bits per heavy atom. The zero-order chi connectivity index (χ0) is 30.6. The van der Waals surface area contributed by atoms with Gasteiger partial charge in [0.05, 0.1) is 0 Å². The number of ether oxygens (including phenoxy) is 1. The van der Waals surface area contributed by atoms with Crippen LogP contribution in [0.1, 0.15) is 59.6 Å². The normalized spacial score (nSPS) is 15.7. The van der Waals surface area contributed by atoms with Gasteiger partial charge in [-0.3, -0.25) is 0 Å². The quantitative estimate of drug-likeness (QED) is 0.132. The van der Waals surface area contributed by atoms with E-state index in [-0.39, 0.29) is 31.9 Å². The molecule has 1 aliphatic rings. The molecule has 1 aliphatic heterocycles. The van der Waals surface area contributed by atoms with E-state index >= 15 is 0 Å². The fourth-order valence-corrected chi connectivity index (χ4v) is 8.44. The van der Waals surface area contributed by atoms with E-state index < -0.39 is 7.14 Å². The van der Waals surface area contributed by atoms with E-state index in [0.29, 0.717) is 17.7 Å². The molecule has 0 aliphatic carbocycles. The molecule has 3 heterocycles. The topological polar surface area (TPSA) is 52.1 Å². The monoisotopic (exact) mass is 779 g/mol. The van der Waals surface area contributed by atoms with Gasteiger partial charge in [0, 0.05) is 35.4 Å². The van der Waals surface area contributed by atoms with E-state index in [9.17, 15) is 4.57 Å². The molecule has 0 N–H and O–H groups in total. The molecule has 0 bridgehead atoms. The Labute approximate surface area is 276 Å². The van der Waals surface area contributed by atoms with Crippen LogP contribution in [0.25, 0.3) is 33.6 Å². The van der Waals surface area contributed by atoms with Crippen LogP contribution >= 0.6 is 7.14 Å². The fourth-order valence-electron chi connectivity index (χ4n) is 5.67. The summed E-state index contributed by atoms with van der Waals surface area (Å²) in [7, 11) is -2.88. The van der Waals surface area contributed by atoms with Gasteiger partial charge in [0.2, 0.25) is 0 Å². The zero-order valence-corrected chi connectivity index (χ0v) is 29.4. The Morgan fingerprint density at radius 3 is 2.02 bits per heavy atom. The van der Waals surface area contributed by atoms with Gasteiger partial charge in [0.1, 0.15) is 7.14 Å². The molecule has 4 nitrogen and oxygen atoms in total. The van der Waals surface area contributed by atoms with Crippen LogP contribution < -0.4 is 15.3 Å². The molecule has 3 aromatic carbocycles. The van der Waals surface area contributed by atoms with Crippen LogP contribution in [0.4, 0.5) is 0 Å². The number of rotatable bonds is 5. The molecule has 226 valence electrons. The number of hydrogen-bond donors (Lipinski definition) is 0. The number of fused-ring (bicyclic) bond motifs is 3. The van der Waals surface area contributed by atoms with E-state index in [1.165, 1.54) is 11.1 Å². The van der Waals surface area contributed by atoms with E-state index in [2.05, 4.69) is 89.0 Å². The van der Waals surface area contributed by atoms with Crippen LogP contribution in [0, 0.1) is 12.1 Å². The van der Waals surface area contributed by atoms with Gasteiger partial charge in [-0.05, 0) is 51.0 Å². The van der Waals surface area contributed by atoms with Gasteiger partial charge in [0.15, 0.2) is 0 Å².